The number of aromatic nitrogens is 2. The van der Waals surface area contributed by atoms with Gasteiger partial charge >= 0.3 is 0 Å². The molecule has 74 heavy (non-hydrogen) atoms. The number of hydrogen-bond acceptors (Lipinski definition) is 1. The highest BCUT2D eigenvalue weighted by molar-refractivity contribution is 6.01. The Morgan fingerprint density at radius 1 is 0.581 bits per heavy atom. The Hall–Kier alpha value is -8.59. The van der Waals surface area contributed by atoms with Gasteiger partial charge in [-0.05, 0) is 205 Å². The lowest BCUT2D eigenvalue weighted by atomic mass is 9.64. The van der Waals surface area contributed by atoms with E-state index in [0.29, 0.717) is 5.92 Å². The summed E-state index contributed by atoms with van der Waals surface area (Å²) in [6.45, 7) is 8.69. The number of hydrogen-bond donors (Lipinski definition) is 0. The second-order valence-corrected chi connectivity index (χ2v) is 20.6. The molecule has 0 aliphatic heterocycles. The van der Waals surface area contributed by atoms with Crippen LogP contribution in [0.4, 0.5) is 0 Å². The second kappa shape index (κ2) is 19.1. The third-order valence-corrected chi connectivity index (χ3v) is 16.1. The van der Waals surface area contributed by atoms with E-state index in [1.54, 1.807) is 0 Å². The predicted molar refractivity (Wildman–Crippen MR) is 313 cm³/mol. The van der Waals surface area contributed by atoms with E-state index in [2.05, 4.69) is 243 Å². The van der Waals surface area contributed by atoms with Gasteiger partial charge in [0.1, 0.15) is 5.82 Å². The highest BCUT2D eigenvalue weighted by Crippen LogP contribution is 2.56. The molecule has 2 nitrogen and oxygen atoms in total. The van der Waals surface area contributed by atoms with Gasteiger partial charge in [-0.15, -0.1) is 0 Å². The first-order valence-corrected chi connectivity index (χ1v) is 26.5. The minimum Gasteiger partial charge on any atom is -0.292 e. The molecule has 356 valence electrons. The van der Waals surface area contributed by atoms with Gasteiger partial charge in [0.25, 0.3) is 0 Å². The van der Waals surface area contributed by atoms with E-state index in [-0.39, 0.29) is 11.8 Å². The molecule has 1 aromatic heterocycles. The van der Waals surface area contributed by atoms with Crippen molar-refractivity contribution in [1.82, 2.24) is 9.55 Å². The minimum absolute atomic E-state index is 0.155. The average molecular weight is 951 g/mol. The van der Waals surface area contributed by atoms with Crippen LogP contribution < -0.4 is 0 Å². The summed E-state index contributed by atoms with van der Waals surface area (Å²) in [6.07, 6.45) is 26.8. The molecule has 5 aliphatic carbocycles. The zero-order valence-corrected chi connectivity index (χ0v) is 42.2. The van der Waals surface area contributed by atoms with Crippen molar-refractivity contribution >= 4 is 39.0 Å². The van der Waals surface area contributed by atoms with Crippen LogP contribution in [-0.4, -0.2) is 9.55 Å². The van der Waals surface area contributed by atoms with Crippen LogP contribution in [-0.2, 0) is 0 Å². The number of rotatable bonds is 11. The van der Waals surface area contributed by atoms with Crippen LogP contribution in [0.15, 0.2) is 266 Å². The van der Waals surface area contributed by atoms with Crippen LogP contribution in [0.5, 0.6) is 0 Å². The molecular formula is C72H58N2. The lowest BCUT2D eigenvalue weighted by Crippen LogP contribution is -2.23. The average Bonchev–Trinajstić information content (AvgIpc) is 3.85. The van der Waals surface area contributed by atoms with E-state index in [9.17, 15) is 0 Å². The highest BCUT2D eigenvalue weighted by atomic mass is 15.1. The maximum atomic E-state index is 5.22. The van der Waals surface area contributed by atoms with E-state index in [0.717, 1.165) is 47.4 Å². The number of nitrogens with zero attached hydrogens (tertiary/aromatic N) is 2. The molecule has 0 saturated carbocycles. The van der Waals surface area contributed by atoms with Gasteiger partial charge in [0.2, 0.25) is 0 Å². The zero-order chi connectivity index (χ0) is 49.7. The third kappa shape index (κ3) is 8.03. The quantitative estimate of drug-likeness (QED) is 0.118. The number of allylic oxidation sites excluding steroid dienone is 19. The van der Waals surface area contributed by atoms with Crippen molar-refractivity contribution < 1.29 is 0 Å². The number of para-hydroxylation sites is 2. The Labute approximate surface area is 436 Å². The van der Waals surface area contributed by atoms with E-state index < -0.39 is 0 Å². The van der Waals surface area contributed by atoms with Crippen molar-refractivity contribution in [1.29, 1.82) is 0 Å². The monoisotopic (exact) mass is 950 g/mol. The number of benzene rings is 7. The van der Waals surface area contributed by atoms with Crippen molar-refractivity contribution in [2.45, 2.75) is 39.5 Å². The number of imidazole rings is 1. The summed E-state index contributed by atoms with van der Waals surface area (Å²) in [5.74, 6) is 1.89. The SMILES string of the molecule is C=C/C(=C\C=C/C)n1c(-c2ccc(C3=CC4=C(c5cc(C6=C7C=CCC6C7)cc(-c6ccccc6)c5)C5CC=CC=C5C(c5cc(-c6ccccc6)cc(-c6ccccc6)c5)=C4CC3C)cc2)nc2ccccc21. The molecule has 13 rings (SSSR count). The van der Waals surface area contributed by atoms with E-state index in [4.69, 9.17) is 4.98 Å². The van der Waals surface area contributed by atoms with Crippen molar-refractivity contribution in [2.24, 2.45) is 17.8 Å². The Kier molecular flexibility index (Phi) is 11.7. The van der Waals surface area contributed by atoms with Gasteiger partial charge in [0, 0.05) is 17.2 Å². The molecule has 5 aliphatic rings. The van der Waals surface area contributed by atoms with E-state index in [1.807, 2.05) is 19.1 Å². The molecule has 3 atom stereocenters. The van der Waals surface area contributed by atoms with Crippen molar-refractivity contribution in [3.05, 3.63) is 288 Å². The molecule has 2 heteroatoms. The van der Waals surface area contributed by atoms with Crippen molar-refractivity contribution in [3.8, 4) is 44.8 Å². The standard InChI is InChI=1S/C72H58N2/c1-4-6-29-61(5-2)74-68-33-19-18-32-67(68)73-72(74)52-36-34-51(35-37-52)64-46-66-65(38-47(64)3)70(59-42-55(48-21-10-7-11-22-48)40-56(43-59)49-23-12-8-13-24-49)62-30-16-17-31-63(62)71(66)60-44-57(50-25-14-9-15-26-50)41-58(45-60)69-53-27-20-28-54(69)39-53/h4-27,29-30,32-37,40-47,54,63H,2,28,31,38-39H2,1,3H3/b6-4-,61-29+. The Morgan fingerprint density at radius 2 is 1.18 bits per heavy atom. The molecule has 2 bridgehead atoms. The van der Waals surface area contributed by atoms with Gasteiger partial charge in [0.05, 0.1) is 11.0 Å². The van der Waals surface area contributed by atoms with Crippen LogP contribution in [0, 0.1) is 17.8 Å². The first-order valence-electron chi connectivity index (χ1n) is 26.5. The van der Waals surface area contributed by atoms with Crippen LogP contribution >= 0.6 is 0 Å². The Balaban J connectivity index is 1.05. The summed E-state index contributed by atoms with van der Waals surface area (Å²) in [5, 5.41) is 0. The molecule has 0 fully saturated rings. The summed E-state index contributed by atoms with van der Waals surface area (Å²) in [6, 6.07) is 65.3. The van der Waals surface area contributed by atoms with Gasteiger partial charge in [-0.2, -0.15) is 0 Å². The predicted octanol–water partition coefficient (Wildman–Crippen LogP) is 18.9. The molecule has 0 spiro atoms. The number of fused-ring (bicyclic) bond motifs is 4. The van der Waals surface area contributed by atoms with Gasteiger partial charge in [0.15, 0.2) is 0 Å². The largest absolute Gasteiger partial charge is 0.292 e. The van der Waals surface area contributed by atoms with E-state index in [1.165, 1.54) is 107 Å². The minimum atomic E-state index is 0.155. The summed E-state index contributed by atoms with van der Waals surface area (Å²) in [5.41, 5.74) is 28.2. The first kappa shape index (κ1) is 45.3. The van der Waals surface area contributed by atoms with Gasteiger partial charge in [-0.1, -0.05) is 190 Å². The maximum Gasteiger partial charge on any atom is 0.145 e. The maximum absolute atomic E-state index is 5.22. The fraction of sp³-hybridized carbons (Fsp3) is 0.125. The fourth-order valence-corrected chi connectivity index (χ4v) is 12.6. The van der Waals surface area contributed by atoms with Crippen LogP contribution in [0.1, 0.15) is 61.8 Å². The van der Waals surface area contributed by atoms with Crippen LogP contribution in [0.25, 0.3) is 83.8 Å². The molecule has 0 N–H and O–H groups in total. The highest BCUT2D eigenvalue weighted by Gasteiger charge is 2.38. The Bertz CT molecular complexity index is 3780. The van der Waals surface area contributed by atoms with Gasteiger partial charge < -0.3 is 0 Å². The third-order valence-electron chi connectivity index (χ3n) is 16.1. The molecular weight excluding hydrogens is 893 g/mol. The van der Waals surface area contributed by atoms with Gasteiger partial charge in [-0.25, -0.2) is 4.98 Å². The first-order chi connectivity index (χ1) is 36.5. The second-order valence-electron chi connectivity index (χ2n) is 20.6. The Morgan fingerprint density at radius 3 is 1.80 bits per heavy atom. The molecule has 0 amide bonds. The van der Waals surface area contributed by atoms with E-state index >= 15 is 0 Å². The smallest absolute Gasteiger partial charge is 0.145 e. The summed E-state index contributed by atoms with van der Waals surface area (Å²) in [7, 11) is 0. The van der Waals surface area contributed by atoms with Crippen molar-refractivity contribution in [3.63, 3.8) is 0 Å². The van der Waals surface area contributed by atoms with Crippen LogP contribution in [0.3, 0.4) is 0 Å². The lowest BCUT2D eigenvalue weighted by molar-refractivity contribution is 0.605. The van der Waals surface area contributed by atoms with Gasteiger partial charge in [-0.3, -0.25) is 4.57 Å². The topological polar surface area (TPSA) is 17.8 Å². The normalized spacial score (nSPS) is 19.1. The molecule has 8 aromatic rings. The molecule has 1 heterocycles. The summed E-state index contributed by atoms with van der Waals surface area (Å²) < 4.78 is 2.24. The fourth-order valence-electron chi connectivity index (χ4n) is 12.6. The summed E-state index contributed by atoms with van der Waals surface area (Å²) >= 11 is 0. The lowest BCUT2D eigenvalue weighted by Gasteiger charge is -2.40. The molecule has 0 saturated heterocycles. The van der Waals surface area contributed by atoms with Crippen LogP contribution in [0.2, 0.25) is 0 Å². The molecule has 7 aromatic carbocycles. The molecule has 3 unspecified atom stereocenters. The molecule has 0 radical (unpaired) electrons. The zero-order valence-electron chi connectivity index (χ0n) is 42.2. The van der Waals surface area contributed by atoms with Crippen molar-refractivity contribution in [2.75, 3.05) is 0 Å². The summed E-state index contributed by atoms with van der Waals surface area (Å²) in [4.78, 5) is 5.22.